The highest BCUT2D eigenvalue weighted by Gasteiger charge is 2.20. The Morgan fingerprint density at radius 3 is 1.84 bits per heavy atom. The van der Waals surface area contributed by atoms with Gasteiger partial charge in [-0.25, -0.2) is 9.59 Å². The van der Waals surface area contributed by atoms with E-state index in [0.717, 1.165) is 27.8 Å². The van der Waals surface area contributed by atoms with Crippen LogP contribution in [-0.4, -0.2) is 31.1 Å². The van der Waals surface area contributed by atoms with Crippen molar-refractivity contribution in [3.8, 4) is 0 Å². The third kappa shape index (κ3) is 5.31. The maximum absolute atomic E-state index is 12.4. The summed E-state index contributed by atoms with van der Waals surface area (Å²) < 4.78 is 5.10. The van der Waals surface area contributed by atoms with Crippen LogP contribution in [0.4, 0.5) is 4.79 Å². The highest BCUT2D eigenvalue weighted by molar-refractivity contribution is 5.98. The number of amides is 3. The Kier molecular flexibility index (Phi) is 7.15. The first kappa shape index (κ1) is 20.7. The summed E-state index contributed by atoms with van der Waals surface area (Å²) >= 11 is 0. The summed E-state index contributed by atoms with van der Waals surface area (Å²) in [5.41, 5.74) is 5.39. The first-order chi connectivity index (χ1) is 11.6. The van der Waals surface area contributed by atoms with E-state index in [0.29, 0.717) is 12.1 Å². The number of carbonyl (C=O) groups is 3. The smallest absolute Gasteiger partial charge is 0.339 e. The number of nitrogens with one attached hydrogen (secondary N) is 2. The molecule has 0 heterocycles. The van der Waals surface area contributed by atoms with Crippen LogP contribution in [0.1, 0.15) is 52.0 Å². The molecule has 1 aromatic carbocycles. The van der Waals surface area contributed by atoms with E-state index in [1.54, 1.807) is 0 Å². The SMILES string of the molecule is Cc1c(C)c(C)c(C(=O)OCC(=O)NC(=O)NCC(C)C)c(C)c1C. The molecule has 0 aromatic heterocycles. The molecule has 0 aliphatic heterocycles. The average Bonchev–Trinajstić information content (AvgIpc) is 2.54. The van der Waals surface area contributed by atoms with Crippen molar-refractivity contribution in [3.63, 3.8) is 0 Å². The third-order valence-electron chi connectivity index (χ3n) is 4.46. The molecule has 0 bridgehead atoms. The zero-order valence-electron chi connectivity index (χ0n) is 16.1. The van der Waals surface area contributed by atoms with E-state index in [-0.39, 0.29) is 5.92 Å². The van der Waals surface area contributed by atoms with Gasteiger partial charge in [0.25, 0.3) is 5.91 Å². The van der Waals surface area contributed by atoms with Gasteiger partial charge in [0, 0.05) is 6.54 Å². The Balaban J connectivity index is 2.72. The normalized spacial score (nSPS) is 10.6. The molecule has 0 saturated carbocycles. The second-order valence-corrected chi connectivity index (χ2v) is 6.73. The molecule has 1 rings (SSSR count). The Morgan fingerprint density at radius 2 is 1.36 bits per heavy atom. The minimum atomic E-state index is -0.662. The molecule has 3 amide bonds. The van der Waals surface area contributed by atoms with Crippen molar-refractivity contribution in [1.82, 2.24) is 10.6 Å². The molecule has 0 aliphatic carbocycles. The van der Waals surface area contributed by atoms with E-state index in [2.05, 4.69) is 10.6 Å². The van der Waals surface area contributed by atoms with Gasteiger partial charge < -0.3 is 10.1 Å². The van der Waals surface area contributed by atoms with Crippen LogP contribution < -0.4 is 10.6 Å². The van der Waals surface area contributed by atoms with Gasteiger partial charge >= 0.3 is 12.0 Å². The number of rotatable bonds is 5. The fourth-order valence-electron chi connectivity index (χ4n) is 2.51. The minimum Gasteiger partial charge on any atom is -0.452 e. The monoisotopic (exact) mass is 348 g/mol. The summed E-state index contributed by atoms with van der Waals surface area (Å²) in [7, 11) is 0. The molecule has 6 heteroatoms. The Bertz CT molecular complexity index is 664. The first-order valence-corrected chi connectivity index (χ1v) is 8.38. The van der Waals surface area contributed by atoms with Crippen LogP contribution in [0.5, 0.6) is 0 Å². The summed E-state index contributed by atoms with van der Waals surface area (Å²) in [6.07, 6.45) is 0. The zero-order valence-corrected chi connectivity index (χ0v) is 16.1. The molecule has 6 nitrogen and oxygen atoms in total. The van der Waals surface area contributed by atoms with Crippen molar-refractivity contribution in [2.45, 2.75) is 48.5 Å². The van der Waals surface area contributed by atoms with Crippen LogP contribution in [0, 0.1) is 40.5 Å². The van der Waals surface area contributed by atoms with Crippen LogP contribution in [0.25, 0.3) is 0 Å². The topological polar surface area (TPSA) is 84.5 Å². The highest BCUT2D eigenvalue weighted by Crippen LogP contribution is 2.26. The van der Waals surface area contributed by atoms with Crippen molar-refractivity contribution in [1.29, 1.82) is 0 Å². The number of carbonyl (C=O) groups excluding carboxylic acids is 3. The van der Waals surface area contributed by atoms with Gasteiger partial charge in [-0.15, -0.1) is 0 Å². The lowest BCUT2D eigenvalue weighted by Crippen LogP contribution is -2.42. The Morgan fingerprint density at radius 1 is 0.880 bits per heavy atom. The maximum Gasteiger partial charge on any atom is 0.339 e. The average molecular weight is 348 g/mol. The van der Waals surface area contributed by atoms with Crippen molar-refractivity contribution in [2.24, 2.45) is 5.92 Å². The standard InChI is InChI=1S/C19H28N2O4/c1-10(2)8-20-19(24)21-16(22)9-25-18(23)17-14(6)12(4)11(3)13(5)15(17)7/h10H,8-9H2,1-7H3,(H2,20,21,22,24). The van der Waals surface area contributed by atoms with Gasteiger partial charge in [0.2, 0.25) is 0 Å². The van der Waals surface area contributed by atoms with E-state index in [9.17, 15) is 14.4 Å². The largest absolute Gasteiger partial charge is 0.452 e. The fourth-order valence-corrected chi connectivity index (χ4v) is 2.51. The summed E-state index contributed by atoms with van der Waals surface area (Å²) in [4.78, 5) is 35.7. The second-order valence-electron chi connectivity index (χ2n) is 6.73. The quantitative estimate of drug-likeness (QED) is 0.801. The molecule has 138 valence electrons. The number of hydrogen-bond donors (Lipinski definition) is 2. The number of benzene rings is 1. The molecule has 0 aliphatic rings. The van der Waals surface area contributed by atoms with Crippen LogP contribution in [0.2, 0.25) is 0 Å². The summed E-state index contributed by atoms with van der Waals surface area (Å²) in [5.74, 6) is -0.943. The van der Waals surface area contributed by atoms with Crippen LogP contribution >= 0.6 is 0 Å². The summed E-state index contributed by atoms with van der Waals surface area (Å²) in [5, 5.41) is 4.70. The number of ether oxygens (including phenoxy) is 1. The van der Waals surface area contributed by atoms with Crippen molar-refractivity contribution < 1.29 is 19.1 Å². The molecule has 25 heavy (non-hydrogen) atoms. The molecule has 0 unspecified atom stereocenters. The van der Waals surface area contributed by atoms with Crippen LogP contribution in [0.15, 0.2) is 0 Å². The highest BCUT2D eigenvalue weighted by atomic mass is 16.5. The van der Waals surface area contributed by atoms with Crippen LogP contribution in [-0.2, 0) is 9.53 Å². The van der Waals surface area contributed by atoms with Crippen molar-refractivity contribution in [2.75, 3.05) is 13.2 Å². The molecule has 0 fully saturated rings. The molecule has 2 N–H and O–H groups in total. The molecule has 0 spiro atoms. The fraction of sp³-hybridized carbons (Fsp3) is 0.526. The first-order valence-electron chi connectivity index (χ1n) is 8.38. The van der Waals surface area contributed by atoms with Gasteiger partial charge in [-0.2, -0.15) is 0 Å². The lowest BCUT2D eigenvalue weighted by atomic mass is 9.90. The number of esters is 1. The van der Waals surface area contributed by atoms with E-state index < -0.39 is 24.5 Å². The minimum absolute atomic E-state index is 0.276. The third-order valence-corrected chi connectivity index (χ3v) is 4.46. The lowest BCUT2D eigenvalue weighted by Gasteiger charge is -2.17. The number of urea groups is 1. The number of imide groups is 1. The van der Waals surface area contributed by atoms with Gasteiger partial charge in [0.1, 0.15) is 0 Å². The van der Waals surface area contributed by atoms with E-state index in [4.69, 9.17) is 4.74 Å². The Hall–Kier alpha value is -2.37. The maximum atomic E-state index is 12.4. The molecule has 0 radical (unpaired) electrons. The van der Waals surface area contributed by atoms with Crippen molar-refractivity contribution in [3.05, 3.63) is 33.4 Å². The van der Waals surface area contributed by atoms with Gasteiger partial charge in [-0.3, -0.25) is 10.1 Å². The van der Waals surface area contributed by atoms with E-state index in [1.165, 1.54) is 0 Å². The zero-order chi connectivity index (χ0) is 19.3. The summed E-state index contributed by atoms with van der Waals surface area (Å²) in [6.45, 7) is 13.5. The lowest BCUT2D eigenvalue weighted by molar-refractivity contribution is -0.123. The van der Waals surface area contributed by atoms with Gasteiger partial charge in [0.05, 0.1) is 5.56 Å². The summed E-state index contributed by atoms with van der Waals surface area (Å²) in [6, 6.07) is -0.593. The van der Waals surface area contributed by atoms with Gasteiger partial charge in [-0.05, 0) is 68.4 Å². The molecule has 0 atom stereocenters. The van der Waals surface area contributed by atoms with Gasteiger partial charge in [0.15, 0.2) is 6.61 Å². The van der Waals surface area contributed by atoms with E-state index >= 15 is 0 Å². The second kappa shape index (κ2) is 8.65. The van der Waals surface area contributed by atoms with Crippen molar-refractivity contribution >= 4 is 17.9 Å². The molecule has 0 saturated heterocycles. The van der Waals surface area contributed by atoms with Crippen LogP contribution in [0.3, 0.4) is 0 Å². The molecular weight excluding hydrogens is 320 g/mol. The van der Waals surface area contributed by atoms with Gasteiger partial charge in [-0.1, -0.05) is 13.8 Å². The number of hydrogen-bond acceptors (Lipinski definition) is 4. The Labute approximate surface area is 149 Å². The predicted molar refractivity (Wildman–Crippen MR) is 96.8 cm³/mol. The molecule has 1 aromatic rings. The predicted octanol–water partition coefficient (Wildman–Crippen LogP) is 2.87. The van der Waals surface area contributed by atoms with E-state index in [1.807, 2.05) is 48.5 Å². The molecular formula is C19H28N2O4.